The summed E-state index contributed by atoms with van der Waals surface area (Å²) in [4.78, 5) is 25.4. The van der Waals surface area contributed by atoms with Gasteiger partial charge in [-0.15, -0.1) is 0 Å². The second-order valence-corrected chi connectivity index (χ2v) is 7.36. The van der Waals surface area contributed by atoms with Gasteiger partial charge in [0.1, 0.15) is 29.5 Å². The molecule has 0 aliphatic heterocycles. The molecule has 2 aromatic carbocycles. The predicted octanol–water partition coefficient (Wildman–Crippen LogP) is 4.21. The van der Waals surface area contributed by atoms with Crippen LogP contribution in [0.1, 0.15) is 17.0 Å². The highest BCUT2D eigenvalue weighted by Gasteiger charge is 2.08. The molecule has 32 heavy (non-hydrogen) atoms. The summed E-state index contributed by atoms with van der Waals surface area (Å²) in [6, 6.07) is 15.1. The number of nitrogens with one attached hydrogen (secondary N) is 2. The van der Waals surface area contributed by atoms with Crippen LogP contribution >= 0.6 is 0 Å². The molecule has 0 aliphatic rings. The van der Waals surface area contributed by atoms with Crippen molar-refractivity contribution in [2.24, 2.45) is 0 Å². The van der Waals surface area contributed by atoms with Gasteiger partial charge in [-0.05, 0) is 55.3 Å². The first-order valence-electron chi connectivity index (χ1n) is 10.1. The van der Waals surface area contributed by atoms with E-state index >= 15 is 0 Å². The second kappa shape index (κ2) is 9.30. The van der Waals surface area contributed by atoms with Gasteiger partial charge < -0.3 is 15.4 Å². The number of aryl methyl sites for hydroxylation is 2. The smallest absolute Gasteiger partial charge is 0.228 e. The Balaban J connectivity index is 1.39. The van der Waals surface area contributed by atoms with E-state index < -0.39 is 0 Å². The van der Waals surface area contributed by atoms with Crippen molar-refractivity contribution >= 4 is 23.1 Å². The molecule has 0 saturated heterocycles. The van der Waals surface area contributed by atoms with Gasteiger partial charge in [0.15, 0.2) is 0 Å². The zero-order chi connectivity index (χ0) is 22.5. The van der Waals surface area contributed by atoms with Crippen molar-refractivity contribution in [1.29, 1.82) is 0 Å². The summed E-state index contributed by atoms with van der Waals surface area (Å²) in [5.41, 5.74) is 3.52. The van der Waals surface area contributed by atoms with Gasteiger partial charge in [0.25, 0.3) is 0 Å². The van der Waals surface area contributed by atoms with Crippen molar-refractivity contribution in [3.05, 3.63) is 84.2 Å². The Morgan fingerprint density at radius 3 is 2.50 bits per heavy atom. The summed E-state index contributed by atoms with van der Waals surface area (Å²) in [5.74, 6) is 2.79. The molecule has 162 valence electrons. The maximum atomic E-state index is 12.4. The van der Waals surface area contributed by atoms with Gasteiger partial charge in [-0.1, -0.05) is 12.1 Å². The summed E-state index contributed by atoms with van der Waals surface area (Å²) in [6.07, 6.45) is 5.52. The Kier molecular flexibility index (Phi) is 6.12. The highest BCUT2D eigenvalue weighted by Crippen LogP contribution is 2.21. The number of imidazole rings is 1. The normalized spacial score (nSPS) is 10.6. The molecule has 0 fully saturated rings. The number of hydrogen-bond donors (Lipinski definition) is 2. The van der Waals surface area contributed by atoms with E-state index in [1.54, 1.807) is 19.6 Å². The van der Waals surface area contributed by atoms with Gasteiger partial charge in [0.05, 0.1) is 13.5 Å². The lowest BCUT2D eigenvalue weighted by atomic mass is 10.1. The third kappa shape index (κ3) is 5.10. The molecule has 8 heteroatoms. The van der Waals surface area contributed by atoms with Crippen LogP contribution in [-0.4, -0.2) is 32.5 Å². The molecule has 1 amide bonds. The Hall–Kier alpha value is -4.20. The van der Waals surface area contributed by atoms with Crippen LogP contribution in [0.2, 0.25) is 0 Å². The third-order valence-electron chi connectivity index (χ3n) is 4.86. The highest BCUT2D eigenvalue weighted by atomic mass is 16.5. The second-order valence-electron chi connectivity index (χ2n) is 7.36. The van der Waals surface area contributed by atoms with Gasteiger partial charge in [0.2, 0.25) is 5.91 Å². The fourth-order valence-electron chi connectivity index (χ4n) is 3.37. The van der Waals surface area contributed by atoms with Crippen molar-refractivity contribution in [2.45, 2.75) is 20.3 Å². The molecule has 2 N–H and O–H groups in total. The summed E-state index contributed by atoms with van der Waals surface area (Å²) < 4.78 is 7.09. The summed E-state index contributed by atoms with van der Waals surface area (Å²) in [5, 5.41) is 6.21. The van der Waals surface area contributed by atoms with E-state index in [-0.39, 0.29) is 5.91 Å². The van der Waals surface area contributed by atoms with E-state index in [4.69, 9.17) is 4.74 Å². The molecule has 0 unspecified atom stereocenters. The topological polar surface area (TPSA) is 94.0 Å². The maximum absolute atomic E-state index is 12.4. The SMILES string of the molecule is COc1ccc(CC(=O)Nc2ccc(Nc3cc(-n4ccnc4)nc(C)n3)cc2)cc1C. The molecule has 0 radical (unpaired) electrons. The minimum atomic E-state index is -0.0772. The molecule has 2 heterocycles. The third-order valence-corrected chi connectivity index (χ3v) is 4.86. The molecule has 0 aliphatic carbocycles. The quantitative estimate of drug-likeness (QED) is 0.458. The maximum Gasteiger partial charge on any atom is 0.228 e. The number of methoxy groups -OCH3 is 1. The van der Waals surface area contributed by atoms with E-state index in [1.165, 1.54) is 0 Å². The van der Waals surface area contributed by atoms with E-state index in [0.29, 0.717) is 18.1 Å². The molecular formula is C24H24N6O2. The minimum absolute atomic E-state index is 0.0772. The number of ether oxygens (including phenoxy) is 1. The number of amides is 1. The molecule has 2 aromatic heterocycles. The van der Waals surface area contributed by atoms with Crippen LogP contribution in [0.25, 0.3) is 5.82 Å². The van der Waals surface area contributed by atoms with Gasteiger partial charge in [-0.2, -0.15) is 0 Å². The average Bonchev–Trinajstić information content (AvgIpc) is 3.30. The lowest BCUT2D eigenvalue weighted by molar-refractivity contribution is -0.115. The standard InChI is InChI=1S/C24H24N6O2/c1-16-12-18(4-9-21(16)32-3)13-24(31)29-20-7-5-19(6-8-20)28-22-14-23(27-17(2)26-22)30-11-10-25-15-30/h4-12,14-15H,13H2,1-3H3,(H,29,31)(H,26,27,28). The number of hydrogen-bond acceptors (Lipinski definition) is 6. The van der Waals surface area contributed by atoms with Crippen LogP contribution in [0.15, 0.2) is 67.3 Å². The Bertz CT molecular complexity index is 1220. The average molecular weight is 428 g/mol. The van der Waals surface area contributed by atoms with E-state index in [0.717, 1.165) is 34.1 Å². The number of nitrogens with zero attached hydrogens (tertiary/aromatic N) is 4. The molecule has 0 bridgehead atoms. The number of rotatable bonds is 7. The minimum Gasteiger partial charge on any atom is -0.496 e. The van der Waals surface area contributed by atoms with Gasteiger partial charge in [-0.3, -0.25) is 9.36 Å². The number of anilines is 3. The predicted molar refractivity (Wildman–Crippen MR) is 124 cm³/mol. The largest absolute Gasteiger partial charge is 0.496 e. The number of carbonyl (C=O) groups excluding carboxylic acids is 1. The fourth-order valence-corrected chi connectivity index (χ4v) is 3.37. The van der Waals surface area contributed by atoms with Crippen molar-refractivity contribution in [3.8, 4) is 11.6 Å². The van der Waals surface area contributed by atoms with Crippen LogP contribution in [0.3, 0.4) is 0 Å². The van der Waals surface area contributed by atoms with Crippen molar-refractivity contribution < 1.29 is 9.53 Å². The molecule has 4 rings (SSSR count). The van der Waals surface area contributed by atoms with E-state index in [1.807, 2.05) is 73.1 Å². The van der Waals surface area contributed by atoms with E-state index in [2.05, 4.69) is 25.6 Å². The summed E-state index contributed by atoms with van der Waals surface area (Å²) in [7, 11) is 1.64. The first kappa shape index (κ1) is 21.0. The monoisotopic (exact) mass is 428 g/mol. The number of carbonyl (C=O) groups is 1. The van der Waals surface area contributed by atoms with Crippen LogP contribution < -0.4 is 15.4 Å². The number of benzene rings is 2. The first-order valence-corrected chi connectivity index (χ1v) is 10.1. The number of aromatic nitrogens is 4. The zero-order valence-corrected chi connectivity index (χ0v) is 18.2. The van der Waals surface area contributed by atoms with Crippen LogP contribution in [0, 0.1) is 13.8 Å². The molecule has 0 spiro atoms. The molecule has 0 saturated carbocycles. The highest BCUT2D eigenvalue weighted by molar-refractivity contribution is 5.92. The molecular weight excluding hydrogens is 404 g/mol. The lowest BCUT2D eigenvalue weighted by Crippen LogP contribution is -2.14. The van der Waals surface area contributed by atoms with Crippen molar-refractivity contribution in [3.63, 3.8) is 0 Å². The van der Waals surface area contributed by atoms with Crippen LogP contribution in [0.4, 0.5) is 17.2 Å². The fraction of sp³-hybridized carbons (Fsp3) is 0.167. The summed E-state index contributed by atoms with van der Waals surface area (Å²) in [6.45, 7) is 3.80. The molecule has 8 nitrogen and oxygen atoms in total. The zero-order valence-electron chi connectivity index (χ0n) is 18.2. The first-order chi connectivity index (χ1) is 15.5. The summed E-state index contributed by atoms with van der Waals surface area (Å²) >= 11 is 0. The Morgan fingerprint density at radius 1 is 1.03 bits per heavy atom. The van der Waals surface area contributed by atoms with E-state index in [9.17, 15) is 4.79 Å². The molecule has 4 aromatic rings. The van der Waals surface area contributed by atoms with Gasteiger partial charge in [-0.25, -0.2) is 15.0 Å². The Morgan fingerprint density at radius 2 is 1.81 bits per heavy atom. The Labute approximate surface area is 186 Å². The molecule has 0 atom stereocenters. The van der Waals surface area contributed by atoms with Crippen LogP contribution in [0.5, 0.6) is 5.75 Å². The van der Waals surface area contributed by atoms with Gasteiger partial charge >= 0.3 is 0 Å². The van der Waals surface area contributed by atoms with Crippen molar-refractivity contribution in [1.82, 2.24) is 19.5 Å². The van der Waals surface area contributed by atoms with Crippen LogP contribution in [-0.2, 0) is 11.2 Å². The van der Waals surface area contributed by atoms with Crippen molar-refractivity contribution in [2.75, 3.05) is 17.7 Å². The van der Waals surface area contributed by atoms with Gasteiger partial charge in [0, 0.05) is 29.8 Å². The lowest BCUT2D eigenvalue weighted by Gasteiger charge is -2.11.